The van der Waals surface area contributed by atoms with Crippen LogP contribution in [0.4, 0.5) is 17.6 Å². The summed E-state index contributed by atoms with van der Waals surface area (Å²) in [6.07, 6.45) is 0.650. The SMILES string of the molecule is Cl.Fc1ccc([C@@H](C2CCCCC2)N2CCNCC2)c(C(F)(F)F)c1. The number of nitrogens with one attached hydrogen (secondary N) is 1. The first-order chi connectivity index (χ1) is 11.5. The van der Waals surface area contributed by atoms with Crippen LogP contribution in [0, 0.1) is 11.7 Å². The van der Waals surface area contributed by atoms with Gasteiger partial charge in [-0.15, -0.1) is 12.4 Å². The second-order valence-corrected chi connectivity index (χ2v) is 6.86. The fourth-order valence-electron chi connectivity index (χ4n) is 4.19. The summed E-state index contributed by atoms with van der Waals surface area (Å²) in [5.74, 6) is -0.614. The molecule has 1 saturated carbocycles. The monoisotopic (exact) mass is 380 g/mol. The highest BCUT2D eigenvalue weighted by atomic mass is 35.5. The van der Waals surface area contributed by atoms with Crippen molar-refractivity contribution in [2.75, 3.05) is 26.2 Å². The highest BCUT2D eigenvalue weighted by Gasteiger charge is 2.39. The molecule has 1 aliphatic heterocycles. The van der Waals surface area contributed by atoms with Crippen molar-refractivity contribution in [1.82, 2.24) is 10.2 Å². The lowest BCUT2D eigenvalue weighted by Gasteiger charge is -2.42. The molecule has 3 rings (SSSR count). The van der Waals surface area contributed by atoms with Crippen molar-refractivity contribution in [3.63, 3.8) is 0 Å². The van der Waals surface area contributed by atoms with Gasteiger partial charge in [0.05, 0.1) is 5.56 Å². The normalized spacial score (nSPS) is 21.6. The van der Waals surface area contributed by atoms with Crippen molar-refractivity contribution in [3.8, 4) is 0 Å². The van der Waals surface area contributed by atoms with Crippen LogP contribution in [0.15, 0.2) is 18.2 Å². The fraction of sp³-hybridized carbons (Fsp3) is 0.667. The summed E-state index contributed by atoms with van der Waals surface area (Å²) in [5.41, 5.74) is -0.561. The zero-order valence-electron chi connectivity index (χ0n) is 14.1. The van der Waals surface area contributed by atoms with Crippen LogP contribution in [0.3, 0.4) is 0 Å². The van der Waals surface area contributed by atoms with E-state index in [0.717, 1.165) is 58.3 Å². The predicted octanol–water partition coefficient (Wildman–Crippen LogP) is 4.79. The fourth-order valence-corrected chi connectivity index (χ4v) is 4.19. The molecule has 1 aromatic rings. The van der Waals surface area contributed by atoms with E-state index in [9.17, 15) is 17.6 Å². The number of benzene rings is 1. The number of alkyl halides is 3. The minimum atomic E-state index is -4.53. The quantitative estimate of drug-likeness (QED) is 0.758. The highest BCUT2D eigenvalue weighted by molar-refractivity contribution is 5.85. The third-order valence-electron chi connectivity index (χ3n) is 5.28. The number of halogens is 5. The Bertz CT molecular complexity index is 534. The number of rotatable bonds is 3. The van der Waals surface area contributed by atoms with Crippen LogP contribution in [0.5, 0.6) is 0 Å². The maximum atomic E-state index is 13.5. The second-order valence-electron chi connectivity index (χ2n) is 6.86. The van der Waals surface area contributed by atoms with Gasteiger partial charge in [-0.2, -0.15) is 13.2 Å². The molecule has 1 aliphatic carbocycles. The van der Waals surface area contributed by atoms with Gasteiger partial charge in [0, 0.05) is 32.2 Å². The molecule has 0 spiro atoms. The summed E-state index contributed by atoms with van der Waals surface area (Å²) in [6.45, 7) is 3.03. The third kappa shape index (κ3) is 4.86. The molecule has 2 aliphatic rings. The van der Waals surface area contributed by atoms with Crippen LogP contribution in [0.1, 0.15) is 49.3 Å². The molecule has 142 valence electrons. The standard InChI is InChI=1S/C18H24F4N2.ClH/c19-14-6-7-15(16(12-14)18(20,21)22)17(13-4-2-1-3-5-13)24-10-8-23-9-11-24;/h6-7,12-13,17,23H,1-5,8-11H2;1H/t17-;/m1./s1. The first kappa shape index (κ1) is 20.5. The summed E-state index contributed by atoms with van der Waals surface area (Å²) in [5, 5.41) is 3.25. The maximum Gasteiger partial charge on any atom is 0.416 e. The molecule has 0 amide bonds. The number of nitrogens with zero attached hydrogens (tertiary/aromatic N) is 1. The van der Waals surface area contributed by atoms with E-state index in [2.05, 4.69) is 10.2 Å². The van der Waals surface area contributed by atoms with Gasteiger partial charge in [0.1, 0.15) is 5.82 Å². The molecule has 7 heteroatoms. The van der Waals surface area contributed by atoms with Gasteiger partial charge in [-0.05, 0) is 36.5 Å². The first-order valence-electron chi connectivity index (χ1n) is 8.78. The molecule has 1 N–H and O–H groups in total. The average Bonchev–Trinajstić information content (AvgIpc) is 2.57. The van der Waals surface area contributed by atoms with Gasteiger partial charge in [-0.25, -0.2) is 4.39 Å². The van der Waals surface area contributed by atoms with Gasteiger partial charge < -0.3 is 5.32 Å². The summed E-state index contributed by atoms with van der Waals surface area (Å²) >= 11 is 0. The Hall–Kier alpha value is -0.850. The molecule has 1 heterocycles. The zero-order chi connectivity index (χ0) is 17.2. The minimum Gasteiger partial charge on any atom is -0.314 e. The van der Waals surface area contributed by atoms with Crippen molar-refractivity contribution < 1.29 is 17.6 Å². The van der Waals surface area contributed by atoms with E-state index < -0.39 is 17.6 Å². The van der Waals surface area contributed by atoms with Gasteiger partial charge in [0.2, 0.25) is 0 Å². The molecular weight excluding hydrogens is 356 g/mol. The molecule has 0 bridgehead atoms. The Morgan fingerprint density at radius 2 is 1.68 bits per heavy atom. The maximum absolute atomic E-state index is 13.5. The van der Waals surface area contributed by atoms with Gasteiger partial charge in [0.15, 0.2) is 0 Å². The number of hydrogen-bond donors (Lipinski definition) is 1. The van der Waals surface area contributed by atoms with Gasteiger partial charge >= 0.3 is 6.18 Å². The zero-order valence-corrected chi connectivity index (χ0v) is 14.9. The highest BCUT2D eigenvalue weighted by Crippen LogP contribution is 2.43. The Kier molecular flexibility index (Phi) is 7.11. The van der Waals surface area contributed by atoms with E-state index in [0.29, 0.717) is 6.07 Å². The van der Waals surface area contributed by atoms with E-state index in [4.69, 9.17) is 0 Å². The summed E-state index contributed by atoms with van der Waals surface area (Å²) in [4.78, 5) is 2.16. The molecular formula is C18H25ClF4N2. The Labute approximate surface area is 152 Å². The van der Waals surface area contributed by atoms with E-state index >= 15 is 0 Å². The summed E-state index contributed by atoms with van der Waals surface area (Å²) < 4.78 is 54.1. The largest absolute Gasteiger partial charge is 0.416 e. The van der Waals surface area contributed by atoms with Crippen LogP contribution in [-0.4, -0.2) is 31.1 Å². The van der Waals surface area contributed by atoms with Gasteiger partial charge in [0.25, 0.3) is 0 Å². The average molecular weight is 381 g/mol. The van der Waals surface area contributed by atoms with E-state index in [1.165, 1.54) is 12.1 Å². The molecule has 2 nitrogen and oxygen atoms in total. The minimum absolute atomic E-state index is 0. The molecule has 1 aromatic carbocycles. The predicted molar refractivity (Wildman–Crippen MR) is 92.4 cm³/mol. The number of hydrogen-bond acceptors (Lipinski definition) is 2. The molecule has 1 atom stereocenters. The van der Waals surface area contributed by atoms with Crippen molar-refractivity contribution >= 4 is 12.4 Å². The lowest BCUT2D eigenvalue weighted by Crippen LogP contribution is -2.47. The van der Waals surface area contributed by atoms with Crippen LogP contribution in [0.2, 0.25) is 0 Å². The molecule has 0 unspecified atom stereocenters. The molecule has 0 aromatic heterocycles. The second kappa shape index (κ2) is 8.69. The van der Waals surface area contributed by atoms with Gasteiger partial charge in [-0.3, -0.25) is 4.90 Å². The topological polar surface area (TPSA) is 15.3 Å². The smallest absolute Gasteiger partial charge is 0.314 e. The van der Waals surface area contributed by atoms with E-state index in [-0.39, 0.29) is 29.9 Å². The van der Waals surface area contributed by atoms with Crippen molar-refractivity contribution in [3.05, 3.63) is 35.1 Å². The number of piperazine rings is 1. The Morgan fingerprint density at radius 3 is 2.28 bits per heavy atom. The van der Waals surface area contributed by atoms with Crippen molar-refractivity contribution in [2.24, 2.45) is 5.92 Å². The van der Waals surface area contributed by atoms with Crippen molar-refractivity contribution in [1.29, 1.82) is 0 Å². The van der Waals surface area contributed by atoms with Crippen LogP contribution in [-0.2, 0) is 6.18 Å². The Morgan fingerprint density at radius 1 is 1.04 bits per heavy atom. The molecule has 0 radical (unpaired) electrons. The van der Waals surface area contributed by atoms with Gasteiger partial charge in [-0.1, -0.05) is 25.3 Å². The van der Waals surface area contributed by atoms with Crippen LogP contribution >= 0.6 is 12.4 Å². The van der Waals surface area contributed by atoms with E-state index in [1.807, 2.05) is 0 Å². The summed E-state index contributed by atoms with van der Waals surface area (Å²) in [7, 11) is 0. The summed E-state index contributed by atoms with van der Waals surface area (Å²) in [6, 6.07) is 2.92. The van der Waals surface area contributed by atoms with E-state index in [1.54, 1.807) is 0 Å². The van der Waals surface area contributed by atoms with Crippen LogP contribution < -0.4 is 5.32 Å². The Balaban J connectivity index is 0.00000225. The molecule has 25 heavy (non-hydrogen) atoms. The van der Waals surface area contributed by atoms with Crippen LogP contribution in [0.25, 0.3) is 0 Å². The molecule has 1 saturated heterocycles. The lowest BCUT2D eigenvalue weighted by molar-refractivity contribution is -0.139. The lowest BCUT2D eigenvalue weighted by atomic mass is 9.79. The third-order valence-corrected chi connectivity index (χ3v) is 5.28. The van der Waals surface area contributed by atoms with Crippen molar-refractivity contribution in [2.45, 2.75) is 44.3 Å². The first-order valence-corrected chi connectivity index (χ1v) is 8.78. The molecule has 2 fully saturated rings.